The number of pyridine rings is 1. The molecule has 2 atom stereocenters. The maximum absolute atomic E-state index is 10.4. The van der Waals surface area contributed by atoms with Gasteiger partial charge >= 0.3 is 0 Å². The molecule has 6 heteroatoms. The third-order valence-electron chi connectivity index (χ3n) is 4.41. The molecule has 1 aliphatic rings. The van der Waals surface area contributed by atoms with E-state index >= 15 is 0 Å². The number of aryl methyl sites for hydroxylation is 1. The van der Waals surface area contributed by atoms with Crippen LogP contribution in [0.1, 0.15) is 28.2 Å². The van der Waals surface area contributed by atoms with E-state index in [4.69, 9.17) is 12.2 Å². The van der Waals surface area contributed by atoms with Gasteiger partial charge in [0.25, 0.3) is 0 Å². The molecule has 0 radical (unpaired) electrons. The molecule has 1 saturated heterocycles. The lowest BCUT2D eigenvalue weighted by molar-refractivity contribution is 0.473. The zero-order chi connectivity index (χ0) is 17.4. The number of rotatable bonds is 3. The van der Waals surface area contributed by atoms with Gasteiger partial charge in [0.05, 0.1) is 23.5 Å². The van der Waals surface area contributed by atoms with Gasteiger partial charge in [0, 0.05) is 11.1 Å². The number of phenols is 1. The van der Waals surface area contributed by atoms with E-state index in [0.29, 0.717) is 10.8 Å². The number of hydrogen-bond donors (Lipinski definition) is 2. The minimum Gasteiger partial charge on any atom is -0.506 e. The summed E-state index contributed by atoms with van der Waals surface area (Å²) in [5, 5.41) is 16.5. The lowest BCUT2D eigenvalue weighted by atomic mass is 10.0. The molecule has 1 fully saturated rings. The van der Waals surface area contributed by atoms with Gasteiger partial charge in [-0.2, -0.15) is 0 Å². The van der Waals surface area contributed by atoms with Crippen LogP contribution < -0.4 is 10.2 Å². The molecule has 3 aromatic rings. The van der Waals surface area contributed by atoms with Crippen LogP contribution in [0.2, 0.25) is 0 Å². The number of thiocarbonyl (C=S) groups is 1. The van der Waals surface area contributed by atoms with E-state index in [9.17, 15) is 5.11 Å². The predicted octanol–water partition coefficient (Wildman–Crippen LogP) is 4.33. The molecule has 0 amide bonds. The second-order valence-electron chi connectivity index (χ2n) is 5.95. The lowest BCUT2D eigenvalue weighted by Crippen LogP contribution is -2.29. The third kappa shape index (κ3) is 2.77. The van der Waals surface area contributed by atoms with Crippen LogP contribution in [0.25, 0.3) is 0 Å². The van der Waals surface area contributed by atoms with Gasteiger partial charge in [0.2, 0.25) is 0 Å². The molecule has 4 nitrogen and oxygen atoms in total. The standard InChI is InChI=1S/C19H17N3OS2/c1-12-9-11-25-18(12)17-16(13-6-4-5-10-20-13)21-19(24)22(17)14-7-2-3-8-15(14)23/h2-11,16-17,23H,1H3,(H,21,24)/t16-,17+/m0/s1. The van der Waals surface area contributed by atoms with Crippen molar-refractivity contribution in [2.45, 2.75) is 19.0 Å². The van der Waals surface area contributed by atoms with Crippen molar-refractivity contribution in [3.8, 4) is 5.75 Å². The number of thiophene rings is 1. The van der Waals surface area contributed by atoms with Gasteiger partial charge in [-0.15, -0.1) is 11.3 Å². The molecule has 0 spiro atoms. The summed E-state index contributed by atoms with van der Waals surface area (Å²) in [5.74, 6) is 0.215. The van der Waals surface area contributed by atoms with Gasteiger partial charge in [-0.3, -0.25) is 4.98 Å². The minimum absolute atomic E-state index is 0.0595. The van der Waals surface area contributed by atoms with Gasteiger partial charge in [-0.05, 0) is 60.4 Å². The van der Waals surface area contributed by atoms with Crippen molar-refractivity contribution in [2.24, 2.45) is 0 Å². The zero-order valence-corrected chi connectivity index (χ0v) is 15.2. The van der Waals surface area contributed by atoms with Crippen LogP contribution in [0.3, 0.4) is 0 Å². The highest BCUT2D eigenvalue weighted by Gasteiger charge is 2.42. The Morgan fingerprint density at radius 2 is 1.96 bits per heavy atom. The third-order valence-corrected chi connectivity index (χ3v) is 5.81. The Labute approximate surface area is 155 Å². The Balaban J connectivity index is 1.87. The van der Waals surface area contributed by atoms with Crippen LogP contribution in [0.4, 0.5) is 5.69 Å². The summed E-state index contributed by atoms with van der Waals surface area (Å²) >= 11 is 7.33. The maximum Gasteiger partial charge on any atom is 0.174 e. The average molecular weight is 367 g/mol. The van der Waals surface area contributed by atoms with Crippen molar-refractivity contribution >= 4 is 34.4 Å². The second-order valence-corrected chi connectivity index (χ2v) is 7.29. The summed E-state index contributed by atoms with van der Waals surface area (Å²) in [4.78, 5) is 7.75. The van der Waals surface area contributed by atoms with Crippen molar-refractivity contribution < 1.29 is 5.11 Å². The molecule has 2 N–H and O–H groups in total. The summed E-state index contributed by atoms with van der Waals surface area (Å²) in [5.41, 5.74) is 2.85. The van der Waals surface area contributed by atoms with Crippen molar-refractivity contribution in [3.63, 3.8) is 0 Å². The number of phenolic OH excluding ortho intramolecular Hbond substituents is 1. The van der Waals surface area contributed by atoms with Gasteiger partial charge < -0.3 is 15.3 Å². The first kappa shape index (κ1) is 16.1. The SMILES string of the molecule is Cc1ccsc1[C@H]1[C@H](c2ccccn2)NC(=S)N1c1ccccc1O. The van der Waals surface area contributed by atoms with Gasteiger partial charge in [-0.25, -0.2) is 0 Å². The van der Waals surface area contributed by atoms with Crippen molar-refractivity contribution in [1.29, 1.82) is 0 Å². The van der Waals surface area contributed by atoms with Gasteiger partial charge in [-0.1, -0.05) is 18.2 Å². The Morgan fingerprint density at radius 1 is 1.16 bits per heavy atom. The van der Waals surface area contributed by atoms with E-state index in [-0.39, 0.29) is 17.8 Å². The van der Waals surface area contributed by atoms with E-state index in [1.807, 2.05) is 41.3 Å². The molecule has 0 aliphatic carbocycles. The summed E-state index contributed by atoms with van der Waals surface area (Å²) in [6.07, 6.45) is 1.79. The van der Waals surface area contributed by atoms with E-state index in [1.54, 1.807) is 23.6 Å². The molecule has 1 aliphatic heterocycles. The molecule has 126 valence electrons. The van der Waals surface area contributed by atoms with Crippen molar-refractivity contribution in [1.82, 2.24) is 10.3 Å². The lowest BCUT2D eigenvalue weighted by Gasteiger charge is -2.28. The fourth-order valence-electron chi connectivity index (χ4n) is 3.24. The highest BCUT2D eigenvalue weighted by molar-refractivity contribution is 7.80. The number of para-hydroxylation sites is 2. The molecule has 0 unspecified atom stereocenters. The Kier molecular flexibility index (Phi) is 4.15. The molecule has 3 heterocycles. The Hall–Kier alpha value is -2.44. The number of nitrogens with zero attached hydrogens (tertiary/aromatic N) is 2. The van der Waals surface area contributed by atoms with Crippen molar-refractivity contribution in [2.75, 3.05) is 4.90 Å². The van der Waals surface area contributed by atoms with Crippen LogP contribution in [-0.2, 0) is 0 Å². The highest BCUT2D eigenvalue weighted by Crippen LogP contribution is 2.46. The number of anilines is 1. The molecule has 4 rings (SSSR count). The molecule has 0 bridgehead atoms. The maximum atomic E-state index is 10.4. The van der Waals surface area contributed by atoms with Crippen LogP contribution in [0, 0.1) is 6.92 Å². The van der Waals surface area contributed by atoms with Crippen LogP contribution in [-0.4, -0.2) is 15.2 Å². The predicted molar refractivity (Wildman–Crippen MR) is 105 cm³/mol. The number of aromatic nitrogens is 1. The second kappa shape index (κ2) is 6.46. The van der Waals surface area contributed by atoms with Gasteiger partial charge in [0.1, 0.15) is 5.75 Å². The first-order chi connectivity index (χ1) is 12.2. The summed E-state index contributed by atoms with van der Waals surface area (Å²) in [6.45, 7) is 2.10. The van der Waals surface area contributed by atoms with Crippen LogP contribution in [0.5, 0.6) is 5.75 Å². The van der Waals surface area contributed by atoms with Crippen molar-refractivity contribution in [3.05, 3.63) is 76.2 Å². The Bertz CT molecular complexity index is 910. The highest BCUT2D eigenvalue weighted by atomic mass is 32.1. The largest absolute Gasteiger partial charge is 0.506 e. The normalized spacial score (nSPS) is 19.9. The molecule has 2 aromatic heterocycles. The molecule has 1 aromatic carbocycles. The molecular weight excluding hydrogens is 350 g/mol. The smallest absolute Gasteiger partial charge is 0.174 e. The van der Waals surface area contributed by atoms with Gasteiger partial charge in [0.15, 0.2) is 5.11 Å². The van der Waals surface area contributed by atoms with E-state index < -0.39 is 0 Å². The van der Waals surface area contributed by atoms with E-state index in [0.717, 1.165) is 5.69 Å². The molecule has 0 saturated carbocycles. The minimum atomic E-state index is -0.0781. The van der Waals surface area contributed by atoms with Crippen LogP contribution in [0.15, 0.2) is 60.1 Å². The first-order valence-corrected chi connectivity index (χ1v) is 9.28. The fraction of sp³-hybridized carbons (Fsp3) is 0.158. The first-order valence-electron chi connectivity index (χ1n) is 7.99. The monoisotopic (exact) mass is 367 g/mol. The summed E-state index contributed by atoms with van der Waals surface area (Å²) in [6, 6.07) is 15.2. The number of benzene rings is 1. The average Bonchev–Trinajstić information content (AvgIpc) is 3.19. The molecular formula is C19H17N3OS2. The quantitative estimate of drug-likeness (QED) is 0.675. The summed E-state index contributed by atoms with van der Waals surface area (Å²) < 4.78 is 0. The summed E-state index contributed by atoms with van der Waals surface area (Å²) in [7, 11) is 0. The molecule has 25 heavy (non-hydrogen) atoms. The number of hydrogen-bond acceptors (Lipinski definition) is 4. The number of aromatic hydroxyl groups is 1. The van der Waals surface area contributed by atoms with E-state index in [2.05, 4.69) is 28.7 Å². The number of nitrogens with one attached hydrogen (secondary N) is 1. The zero-order valence-electron chi connectivity index (χ0n) is 13.6. The topological polar surface area (TPSA) is 48.4 Å². The van der Waals surface area contributed by atoms with Crippen LogP contribution >= 0.6 is 23.6 Å². The Morgan fingerprint density at radius 3 is 2.64 bits per heavy atom. The fourth-order valence-corrected chi connectivity index (χ4v) is 4.63. The van der Waals surface area contributed by atoms with E-state index in [1.165, 1.54) is 10.4 Å².